The quantitative estimate of drug-likeness (QED) is 0.723. The molecule has 3 nitrogen and oxygen atoms in total. The zero-order valence-electron chi connectivity index (χ0n) is 12.0. The van der Waals surface area contributed by atoms with E-state index in [1.165, 1.54) is 51.4 Å². The van der Waals surface area contributed by atoms with Gasteiger partial charge in [-0.2, -0.15) is 0 Å². The smallest absolute Gasteiger partial charge is 0.0831 e. The Morgan fingerprint density at radius 2 is 2.22 bits per heavy atom. The van der Waals surface area contributed by atoms with Gasteiger partial charge in [-0.25, -0.2) is 0 Å². The van der Waals surface area contributed by atoms with Gasteiger partial charge in [0.15, 0.2) is 0 Å². The highest BCUT2D eigenvalue weighted by Gasteiger charge is 2.43. The van der Waals surface area contributed by atoms with Crippen molar-refractivity contribution in [3.05, 3.63) is 0 Å². The molecule has 2 aliphatic rings. The third-order valence-corrected chi connectivity index (χ3v) is 4.73. The topological polar surface area (TPSA) is 30.5 Å². The van der Waals surface area contributed by atoms with Crippen LogP contribution >= 0.6 is 0 Å². The summed E-state index contributed by atoms with van der Waals surface area (Å²) in [5.74, 6) is 0. The van der Waals surface area contributed by atoms with Crippen molar-refractivity contribution in [3.8, 4) is 0 Å². The maximum absolute atomic E-state index is 5.82. The lowest BCUT2D eigenvalue weighted by Gasteiger charge is -2.47. The molecule has 2 unspecified atom stereocenters. The number of hydrogen-bond donors (Lipinski definition) is 1. The first-order chi connectivity index (χ1) is 8.80. The molecule has 1 saturated heterocycles. The summed E-state index contributed by atoms with van der Waals surface area (Å²) in [6, 6.07) is 0.530. The van der Waals surface area contributed by atoms with Gasteiger partial charge in [0.25, 0.3) is 0 Å². The number of likely N-dealkylation sites (N-methyl/N-ethyl adjacent to an activating group) is 1. The molecule has 3 heteroatoms. The second kappa shape index (κ2) is 6.88. The Morgan fingerprint density at radius 3 is 2.72 bits per heavy atom. The first-order valence-electron chi connectivity index (χ1n) is 7.71. The fraction of sp³-hybridized carbons (Fsp3) is 1.00. The first-order valence-corrected chi connectivity index (χ1v) is 7.71. The molecular formula is C15H29NO2. The monoisotopic (exact) mass is 255 g/mol. The lowest BCUT2D eigenvalue weighted by atomic mass is 9.73. The highest BCUT2D eigenvalue weighted by Crippen LogP contribution is 2.39. The molecule has 1 heterocycles. The first kappa shape index (κ1) is 14.3. The number of hydrogen-bond acceptors (Lipinski definition) is 3. The molecule has 0 aromatic carbocycles. The predicted molar refractivity (Wildman–Crippen MR) is 73.9 cm³/mol. The standard InChI is InChI=1S/C15H29NO2/c1-3-16-14(15(17-2)10-6-11-15)9-4-7-13-8-5-12-18-13/h13-14,16H,3-12H2,1-2H3. The van der Waals surface area contributed by atoms with Crippen LogP contribution in [0.2, 0.25) is 0 Å². The molecule has 2 atom stereocenters. The number of ether oxygens (including phenoxy) is 2. The molecule has 2 rings (SSSR count). The van der Waals surface area contributed by atoms with Crippen LogP contribution in [-0.4, -0.2) is 38.0 Å². The Labute approximate surface area is 112 Å². The molecule has 0 amide bonds. The molecule has 1 aliphatic heterocycles. The average Bonchev–Trinajstić information content (AvgIpc) is 2.81. The van der Waals surface area contributed by atoms with Gasteiger partial charge in [-0.05, 0) is 57.9 Å². The van der Waals surface area contributed by atoms with Crippen LogP contribution in [0.3, 0.4) is 0 Å². The van der Waals surface area contributed by atoms with Gasteiger partial charge in [-0.1, -0.05) is 6.92 Å². The Balaban J connectivity index is 1.74. The molecular weight excluding hydrogens is 226 g/mol. The van der Waals surface area contributed by atoms with Crippen LogP contribution in [-0.2, 0) is 9.47 Å². The molecule has 0 aromatic rings. The van der Waals surface area contributed by atoms with Crippen LogP contribution in [0.25, 0.3) is 0 Å². The summed E-state index contributed by atoms with van der Waals surface area (Å²) in [6.45, 7) is 4.20. The van der Waals surface area contributed by atoms with Crippen LogP contribution in [0.4, 0.5) is 0 Å². The number of nitrogens with one attached hydrogen (secondary N) is 1. The van der Waals surface area contributed by atoms with E-state index in [0.29, 0.717) is 12.1 Å². The third-order valence-electron chi connectivity index (χ3n) is 4.73. The highest BCUT2D eigenvalue weighted by atomic mass is 16.5. The van der Waals surface area contributed by atoms with Crippen molar-refractivity contribution in [1.29, 1.82) is 0 Å². The van der Waals surface area contributed by atoms with E-state index in [1.54, 1.807) is 0 Å². The fourth-order valence-corrected chi connectivity index (χ4v) is 3.44. The van der Waals surface area contributed by atoms with Crippen LogP contribution in [0, 0.1) is 0 Å². The van der Waals surface area contributed by atoms with E-state index in [4.69, 9.17) is 9.47 Å². The largest absolute Gasteiger partial charge is 0.378 e. The van der Waals surface area contributed by atoms with E-state index in [-0.39, 0.29) is 5.60 Å². The maximum atomic E-state index is 5.82. The second-order valence-electron chi connectivity index (χ2n) is 5.80. The fourth-order valence-electron chi connectivity index (χ4n) is 3.44. The van der Waals surface area contributed by atoms with Gasteiger partial charge >= 0.3 is 0 Å². The summed E-state index contributed by atoms with van der Waals surface area (Å²) in [5.41, 5.74) is 0.131. The van der Waals surface area contributed by atoms with Crippen molar-refractivity contribution >= 4 is 0 Å². The van der Waals surface area contributed by atoms with E-state index in [9.17, 15) is 0 Å². The van der Waals surface area contributed by atoms with Gasteiger partial charge < -0.3 is 14.8 Å². The van der Waals surface area contributed by atoms with Gasteiger partial charge in [0.1, 0.15) is 0 Å². The van der Waals surface area contributed by atoms with Gasteiger partial charge in [-0.3, -0.25) is 0 Å². The molecule has 1 N–H and O–H groups in total. The van der Waals surface area contributed by atoms with Crippen molar-refractivity contribution in [1.82, 2.24) is 5.32 Å². The summed E-state index contributed by atoms with van der Waals surface area (Å²) < 4.78 is 11.5. The summed E-state index contributed by atoms with van der Waals surface area (Å²) >= 11 is 0. The summed E-state index contributed by atoms with van der Waals surface area (Å²) in [7, 11) is 1.88. The van der Waals surface area contributed by atoms with E-state index < -0.39 is 0 Å². The third kappa shape index (κ3) is 3.25. The lowest BCUT2D eigenvalue weighted by Crippen LogP contribution is -2.56. The van der Waals surface area contributed by atoms with E-state index in [2.05, 4.69) is 12.2 Å². The average molecular weight is 255 g/mol. The summed E-state index contributed by atoms with van der Waals surface area (Å²) in [6.07, 6.45) is 10.5. The number of methoxy groups -OCH3 is 1. The highest BCUT2D eigenvalue weighted by molar-refractivity contribution is 4.99. The lowest BCUT2D eigenvalue weighted by molar-refractivity contribution is -0.100. The Morgan fingerprint density at radius 1 is 1.39 bits per heavy atom. The Kier molecular flexibility index (Phi) is 5.46. The molecule has 0 bridgehead atoms. The van der Waals surface area contributed by atoms with Crippen molar-refractivity contribution in [2.24, 2.45) is 0 Å². The van der Waals surface area contributed by atoms with Gasteiger partial charge in [0.05, 0.1) is 11.7 Å². The van der Waals surface area contributed by atoms with Crippen LogP contribution < -0.4 is 5.32 Å². The van der Waals surface area contributed by atoms with Crippen molar-refractivity contribution < 1.29 is 9.47 Å². The Bertz CT molecular complexity index is 229. The predicted octanol–water partition coefficient (Wildman–Crippen LogP) is 2.88. The Hall–Kier alpha value is -0.120. The van der Waals surface area contributed by atoms with Crippen LogP contribution in [0.5, 0.6) is 0 Å². The second-order valence-corrected chi connectivity index (χ2v) is 5.80. The van der Waals surface area contributed by atoms with Crippen LogP contribution in [0.15, 0.2) is 0 Å². The molecule has 18 heavy (non-hydrogen) atoms. The normalized spacial score (nSPS) is 28.0. The zero-order chi connectivity index (χ0) is 12.8. The zero-order valence-corrected chi connectivity index (χ0v) is 12.0. The van der Waals surface area contributed by atoms with Crippen molar-refractivity contribution in [2.45, 2.75) is 76.0 Å². The minimum absolute atomic E-state index is 0.131. The molecule has 1 saturated carbocycles. The minimum atomic E-state index is 0.131. The molecule has 106 valence electrons. The van der Waals surface area contributed by atoms with E-state index in [1.807, 2.05) is 7.11 Å². The SMILES string of the molecule is CCNC(CCCC1CCCO1)C1(OC)CCC1. The van der Waals surface area contributed by atoms with Crippen molar-refractivity contribution in [2.75, 3.05) is 20.3 Å². The van der Waals surface area contributed by atoms with Crippen LogP contribution in [0.1, 0.15) is 58.3 Å². The molecule has 2 fully saturated rings. The molecule has 0 spiro atoms. The molecule has 1 aliphatic carbocycles. The van der Waals surface area contributed by atoms with Gasteiger partial charge in [-0.15, -0.1) is 0 Å². The maximum Gasteiger partial charge on any atom is 0.0831 e. The van der Waals surface area contributed by atoms with Gasteiger partial charge in [0, 0.05) is 19.8 Å². The van der Waals surface area contributed by atoms with Crippen molar-refractivity contribution in [3.63, 3.8) is 0 Å². The van der Waals surface area contributed by atoms with E-state index >= 15 is 0 Å². The minimum Gasteiger partial charge on any atom is -0.378 e. The van der Waals surface area contributed by atoms with E-state index in [0.717, 1.165) is 13.2 Å². The van der Waals surface area contributed by atoms with Gasteiger partial charge in [0.2, 0.25) is 0 Å². The molecule has 0 aromatic heterocycles. The molecule has 0 radical (unpaired) electrons. The summed E-state index contributed by atoms with van der Waals surface area (Å²) in [4.78, 5) is 0. The summed E-state index contributed by atoms with van der Waals surface area (Å²) in [5, 5.41) is 3.64. The number of rotatable bonds is 8.